The van der Waals surface area contributed by atoms with Gasteiger partial charge >= 0.3 is 0 Å². The third kappa shape index (κ3) is 2.03. The molecule has 2 aliphatic rings. The lowest BCUT2D eigenvalue weighted by molar-refractivity contribution is 0.401. The molecule has 1 heterocycles. The van der Waals surface area contributed by atoms with Gasteiger partial charge in [0.2, 0.25) is 5.89 Å². The van der Waals surface area contributed by atoms with Crippen LogP contribution in [0, 0.1) is 11.8 Å². The van der Waals surface area contributed by atoms with Crippen LogP contribution in [0.1, 0.15) is 37.4 Å². The summed E-state index contributed by atoms with van der Waals surface area (Å²) in [6, 6.07) is 0. The summed E-state index contributed by atoms with van der Waals surface area (Å²) in [6.07, 6.45) is 10.4. The SMILES string of the molecule is C(=C\C1CC1)/c1nc(CC2CC2)no1. The molecule has 0 spiro atoms. The van der Waals surface area contributed by atoms with Crippen molar-refractivity contribution >= 4 is 6.08 Å². The van der Waals surface area contributed by atoms with Gasteiger partial charge < -0.3 is 4.52 Å². The molecule has 1 aromatic heterocycles. The minimum Gasteiger partial charge on any atom is -0.335 e. The predicted molar refractivity (Wildman–Crippen MR) is 52.5 cm³/mol. The largest absolute Gasteiger partial charge is 0.335 e. The molecule has 14 heavy (non-hydrogen) atoms. The first-order valence-corrected chi connectivity index (χ1v) is 5.41. The number of allylic oxidation sites excluding steroid dienone is 1. The molecule has 3 rings (SSSR count). The Labute approximate surface area is 83.2 Å². The van der Waals surface area contributed by atoms with Crippen LogP contribution in [0.25, 0.3) is 6.08 Å². The lowest BCUT2D eigenvalue weighted by atomic mass is 10.3. The van der Waals surface area contributed by atoms with Crippen LogP contribution in [0.5, 0.6) is 0 Å². The van der Waals surface area contributed by atoms with E-state index in [2.05, 4.69) is 16.2 Å². The quantitative estimate of drug-likeness (QED) is 0.732. The van der Waals surface area contributed by atoms with E-state index < -0.39 is 0 Å². The Morgan fingerprint density at radius 1 is 1.29 bits per heavy atom. The van der Waals surface area contributed by atoms with Crippen molar-refractivity contribution in [1.82, 2.24) is 10.1 Å². The molecular weight excluding hydrogens is 176 g/mol. The monoisotopic (exact) mass is 190 g/mol. The first-order valence-electron chi connectivity index (χ1n) is 5.41. The van der Waals surface area contributed by atoms with E-state index in [9.17, 15) is 0 Å². The van der Waals surface area contributed by atoms with E-state index in [4.69, 9.17) is 4.52 Å². The molecule has 1 aromatic rings. The molecule has 3 nitrogen and oxygen atoms in total. The fraction of sp³-hybridized carbons (Fsp3) is 0.636. The highest BCUT2D eigenvalue weighted by Crippen LogP contribution is 2.32. The Kier molecular flexibility index (Phi) is 1.89. The summed E-state index contributed by atoms with van der Waals surface area (Å²) >= 11 is 0. The lowest BCUT2D eigenvalue weighted by Crippen LogP contribution is -1.88. The van der Waals surface area contributed by atoms with Crippen LogP contribution in [0.3, 0.4) is 0 Å². The van der Waals surface area contributed by atoms with Crippen molar-refractivity contribution in [2.45, 2.75) is 32.1 Å². The van der Waals surface area contributed by atoms with Gasteiger partial charge in [-0.1, -0.05) is 11.2 Å². The molecule has 74 valence electrons. The van der Waals surface area contributed by atoms with Gasteiger partial charge in [-0.3, -0.25) is 0 Å². The number of hydrogen-bond donors (Lipinski definition) is 0. The third-order valence-corrected chi connectivity index (χ3v) is 2.78. The van der Waals surface area contributed by atoms with E-state index in [-0.39, 0.29) is 0 Å². The van der Waals surface area contributed by atoms with Crippen LogP contribution in [-0.2, 0) is 6.42 Å². The van der Waals surface area contributed by atoms with Gasteiger partial charge in [-0.2, -0.15) is 4.98 Å². The molecular formula is C11H14N2O. The molecule has 0 N–H and O–H groups in total. The molecule has 0 bridgehead atoms. The summed E-state index contributed by atoms with van der Waals surface area (Å²) in [5.74, 6) is 3.15. The molecule has 3 heteroatoms. The van der Waals surface area contributed by atoms with Crippen LogP contribution in [0.15, 0.2) is 10.6 Å². The van der Waals surface area contributed by atoms with E-state index in [0.29, 0.717) is 5.89 Å². The Morgan fingerprint density at radius 2 is 2.14 bits per heavy atom. The molecule has 0 radical (unpaired) electrons. The second kappa shape index (κ2) is 3.23. The first kappa shape index (κ1) is 8.21. The van der Waals surface area contributed by atoms with Crippen molar-refractivity contribution in [1.29, 1.82) is 0 Å². The maximum atomic E-state index is 5.12. The van der Waals surface area contributed by atoms with E-state index in [0.717, 1.165) is 24.1 Å². The molecule has 2 saturated carbocycles. The molecule has 0 aliphatic heterocycles. The van der Waals surface area contributed by atoms with E-state index in [1.165, 1.54) is 25.7 Å². The highest BCUT2D eigenvalue weighted by molar-refractivity contribution is 5.38. The van der Waals surface area contributed by atoms with Gasteiger partial charge in [0.05, 0.1) is 0 Å². The van der Waals surface area contributed by atoms with E-state index in [1.807, 2.05) is 6.08 Å². The van der Waals surface area contributed by atoms with Crippen molar-refractivity contribution in [2.75, 3.05) is 0 Å². The Bertz CT molecular complexity index is 348. The van der Waals surface area contributed by atoms with Crippen molar-refractivity contribution in [3.8, 4) is 0 Å². The highest BCUT2D eigenvalue weighted by Gasteiger charge is 2.24. The third-order valence-electron chi connectivity index (χ3n) is 2.78. The zero-order chi connectivity index (χ0) is 9.38. The molecule has 0 saturated heterocycles. The Morgan fingerprint density at radius 3 is 2.86 bits per heavy atom. The van der Waals surface area contributed by atoms with E-state index in [1.54, 1.807) is 0 Å². The fourth-order valence-electron chi connectivity index (χ4n) is 1.51. The zero-order valence-electron chi connectivity index (χ0n) is 8.15. The second-order valence-electron chi connectivity index (χ2n) is 4.39. The number of rotatable bonds is 4. The average Bonchev–Trinajstić information content (AvgIpc) is 3.06. The zero-order valence-corrected chi connectivity index (χ0v) is 8.15. The fourth-order valence-corrected chi connectivity index (χ4v) is 1.51. The summed E-state index contributed by atoms with van der Waals surface area (Å²) in [6.45, 7) is 0. The number of nitrogens with zero attached hydrogens (tertiary/aromatic N) is 2. The highest BCUT2D eigenvalue weighted by atomic mass is 16.5. The standard InChI is InChI=1S/C11H14N2O/c1-2-8(1)5-6-11-12-10(13-14-11)7-9-3-4-9/h5-6,8-9H,1-4,7H2/b6-5+. The van der Waals surface area contributed by atoms with Crippen molar-refractivity contribution in [2.24, 2.45) is 11.8 Å². The number of aromatic nitrogens is 2. The minimum atomic E-state index is 0.674. The van der Waals surface area contributed by atoms with Gasteiger partial charge in [0.25, 0.3) is 0 Å². The summed E-state index contributed by atoms with van der Waals surface area (Å²) < 4.78 is 5.12. The normalized spacial score (nSPS) is 22.0. The maximum absolute atomic E-state index is 5.12. The van der Waals surface area contributed by atoms with Gasteiger partial charge in [-0.05, 0) is 43.6 Å². The van der Waals surface area contributed by atoms with Crippen molar-refractivity contribution in [3.05, 3.63) is 17.8 Å². The molecule has 0 unspecified atom stereocenters. The molecule has 0 aromatic carbocycles. The van der Waals surface area contributed by atoms with Gasteiger partial charge in [0.1, 0.15) is 0 Å². The van der Waals surface area contributed by atoms with Crippen LogP contribution >= 0.6 is 0 Å². The topological polar surface area (TPSA) is 38.9 Å². The first-order chi connectivity index (χ1) is 6.90. The second-order valence-corrected chi connectivity index (χ2v) is 4.39. The van der Waals surface area contributed by atoms with Crippen LogP contribution < -0.4 is 0 Å². The summed E-state index contributed by atoms with van der Waals surface area (Å²) in [7, 11) is 0. The summed E-state index contributed by atoms with van der Waals surface area (Å²) in [5, 5.41) is 3.96. The Hall–Kier alpha value is -1.12. The summed E-state index contributed by atoms with van der Waals surface area (Å²) in [5.41, 5.74) is 0. The lowest BCUT2D eigenvalue weighted by Gasteiger charge is -1.84. The summed E-state index contributed by atoms with van der Waals surface area (Å²) in [4.78, 5) is 4.33. The molecule has 0 amide bonds. The Balaban J connectivity index is 1.62. The van der Waals surface area contributed by atoms with Crippen LogP contribution in [0.4, 0.5) is 0 Å². The van der Waals surface area contributed by atoms with Gasteiger partial charge in [-0.15, -0.1) is 0 Å². The van der Waals surface area contributed by atoms with E-state index >= 15 is 0 Å². The van der Waals surface area contributed by atoms with Gasteiger partial charge in [0.15, 0.2) is 5.82 Å². The minimum absolute atomic E-state index is 0.674. The van der Waals surface area contributed by atoms with Gasteiger partial charge in [-0.25, -0.2) is 0 Å². The molecule has 2 fully saturated rings. The predicted octanol–water partition coefficient (Wildman–Crippen LogP) is 2.45. The number of hydrogen-bond acceptors (Lipinski definition) is 3. The molecule has 0 atom stereocenters. The molecule has 2 aliphatic carbocycles. The maximum Gasteiger partial charge on any atom is 0.250 e. The van der Waals surface area contributed by atoms with Gasteiger partial charge in [0, 0.05) is 6.42 Å². The smallest absolute Gasteiger partial charge is 0.250 e. The average molecular weight is 190 g/mol. The van der Waals surface area contributed by atoms with Crippen molar-refractivity contribution in [3.63, 3.8) is 0 Å². The van der Waals surface area contributed by atoms with Crippen molar-refractivity contribution < 1.29 is 4.52 Å². The van der Waals surface area contributed by atoms with Crippen LogP contribution in [-0.4, -0.2) is 10.1 Å². The van der Waals surface area contributed by atoms with Crippen LogP contribution in [0.2, 0.25) is 0 Å².